The molecule has 2 unspecified atom stereocenters. The maximum absolute atomic E-state index is 11.9. The molecule has 0 aromatic carbocycles. The molecular formula is C16H29N3O2. The molecule has 3 fully saturated rings. The van der Waals surface area contributed by atoms with Gasteiger partial charge in [0.15, 0.2) is 0 Å². The smallest absolute Gasteiger partial charge is 0.237 e. The third-order valence-corrected chi connectivity index (χ3v) is 5.28. The lowest BCUT2D eigenvalue weighted by atomic mass is 9.96. The third kappa shape index (κ3) is 3.96. The SMILES string of the molecule is CN(CCOCC1CC1)C1CCC(NC2CC2)(C(N)=O)C1. The minimum Gasteiger partial charge on any atom is -0.380 e. The van der Waals surface area contributed by atoms with Gasteiger partial charge in [0.2, 0.25) is 5.91 Å². The molecule has 0 heterocycles. The van der Waals surface area contributed by atoms with Gasteiger partial charge in [-0.05, 0) is 57.9 Å². The van der Waals surface area contributed by atoms with Crippen molar-refractivity contribution in [1.82, 2.24) is 10.2 Å². The number of hydrogen-bond acceptors (Lipinski definition) is 4. The van der Waals surface area contributed by atoms with Gasteiger partial charge < -0.3 is 20.7 Å². The summed E-state index contributed by atoms with van der Waals surface area (Å²) in [6, 6.07) is 0.955. The Kier molecular flexibility index (Phi) is 4.52. The summed E-state index contributed by atoms with van der Waals surface area (Å²) in [7, 11) is 2.14. The van der Waals surface area contributed by atoms with E-state index in [4.69, 9.17) is 10.5 Å². The fourth-order valence-electron chi connectivity index (χ4n) is 3.37. The van der Waals surface area contributed by atoms with Gasteiger partial charge in [-0.2, -0.15) is 0 Å². The second-order valence-electron chi connectivity index (χ2n) is 7.26. The molecule has 5 nitrogen and oxygen atoms in total. The van der Waals surface area contributed by atoms with Crippen molar-refractivity contribution < 1.29 is 9.53 Å². The van der Waals surface area contributed by atoms with Crippen LogP contribution in [0, 0.1) is 5.92 Å². The number of amides is 1. The van der Waals surface area contributed by atoms with E-state index in [1.54, 1.807) is 0 Å². The van der Waals surface area contributed by atoms with Gasteiger partial charge in [-0.3, -0.25) is 4.79 Å². The Morgan fingerprint density at radius 2 is 2.10 bits per heavy atom. The van der Waals surface area contributed by atoms with Crippen LogP contribution in [-0.4, -0.2) is 55.2 Å². The fraction of sp³-hybridized carbons (Fsp3) is 0.938. The summed E-state index contributed by atoms with van der Waals surface area (Å²) in [5.41, 5.74) is 5.23. The van der Waals surface area contributed by atoms with E-state index in [2.05, 4.69) is 17.3 Å². The quantitative estimate of drug-likeness (QED) is 0.620. The van der Waals surface area contributed by atoms with Crippen LogP contribution in [0.3, 0.4) is 0 Å². The maximum Gasteiger partial charge on any atom is 0.237 e. The van der Waals surface area contributed by atoms with Crippen molar-refractivity contribution in [2.45, 2.75) is 62.6 Å². The standard InChI is InChI=1S/C16H29N3O2/c1-19(8-9-21-11-12-2-3-12)14-6-7-16(10-14,15(17)20)18-13-4-5-13/h12-14,18H,2-11H2,1H3,(H2,17,20). The molecule has 0 aromatic heterocycles. The highest BCUT2D eigenvalue weighted by molar-refractivity contribution is 5.85. The number of ether oxygens (including phenoxy) is 1. The number of carbonyl (C=O) groups is 1. The van der Waals surface area contributed by atoms with E-state index >= 15 is 0 Å². The van der Waals surface area contributed by atoms with E-state index in [0.717, 1.165) is 44.9 Å². The first-order valence-corrected chi connectivity index (χ1v) is 8.45. The predicted molar refractivity (Wildman–Crippen MR) is 81.9 cm³/mol. The van der Waals surface area contributed by atoms with Gasteiger partial charge in [0.25, 0.3) is 0 Å². The molecule has 120 valence electrons. The van der Waals surface area contributed by atoms with Crippen molar-refractivity contribution in [2.24, 2.45) is 11.7 Å². The molecule has 3 rings (SSSR count). The number of nitrogens with two attached hydrogens (primary N) is 1. The lowest BCUT2D eigenvalue weighted by Gasteiger charge is -2.29. The molecule has 21 heavy (non-hydrogen) atoms. The van der Waals surface area contributed by atoms with Crippen molar-refractivity contribution in [2.75, 3.05) is 26.8 Å². The van der Waals surface area contributed by atoms with Crippen molar-refractivity contribution in [3.05, 3.63) is 0 Å². The molecule has 3 aliphatic rings. The molecule has 0 aliphatic heterocycles. The summed E-state index contributed by atoms with van der Waals surface area (Å²) in [6.45, 7) is 2.66. The number of primary amides is 1. The Balaban J connectivity index is 1.43. The number of nitrogens with zero attached hydrogens (tertiary/aromatic N) is 1. The number of rotatable bonds is 9. The van der Waals surface area contributed by atoms with Crippen molar-refractivity contribution in [3.63, 3.8) is 0 Å². The van der Waals surface area contributed by atoms with Gasteiger partial charge in [0.05, 0.1) is 12.1 Å². The van der Waals surface area contributed by atoms with E-state index in [9.17, 15) is 4.79 Å². The van der Waals surface area contributed by atoms with Crippen LogP contribution >= 0.6 is 0 Å². The molecule has 3 saturated carbocycles. The first kappa shape index (κ1) is 15.3. The van der Waals surface area contributed by atoms with E-state index in [0.29, 0.717) is 12.1 Å². The second-order valence-corrected chi connectivity index (χ2v) is 7.26. The number of nitrogens with one attached hydrogen (secondary N) is 1. The Hall–Kier alpha value is -0.650. The van der Waals surface area contributed by atoms with Gasteiger partial charge in [0, 0.05) is 25.2 Å². The van der Waals surface area contributed by atoms with Crippen molar-refractivity contribution >= 4 is 5.91 Å². The van der Waals surface area contributed by atoms with Crippen molar-refractivity contribution in [1.29, 1.82) is 0 Å². The summed E-state index contributed by atoms with van der Waals surface area (Å²) in [6.07, 6.45) is 7.81. The molecule has 3 aliphatic carbocycles. The summed E-state index contributed by atoms with van der Waals surface area (Å²) >= 11 is 0. The van der Waals surface area contributed by atoms with E-state index < -0.39 is 5.54 Å². The van der Waals surface area contributed by atoms with Crippen molar-refractivity contribution in [3.8, 4) is 0 Å². The monoisotopic (exact) mass is 295 g/mol. The first-order valence-electron chi connectivity index (χ1n) is 8.45. The molecule has 0 saturated heterocycles. The van der Waals surface area contributed by atoms with Crippen LogP contribution in [0.2, 0.25) is 0 Å². The molecular weight excluding hydrogens is 266 g/mol. The van der Waals surface area contributed by atoms with Crippen LogP contribution in [0.1, 0.15) is 44.9 Å². The van der Waals surface area contributed by atoms with Gasteiger partial charge in [-0.25, -0.2) is 0 Å². The highest BCUT2D eigenvalue weighted by Crippen LogP contribution is 2.36. The number of hydrogen-bond donors (Lipinski definition) is 2. The van der Waals surface area contributed by atoms with Gasteiger partial charge in [0.1, 0.15) is 0 Å². The summed E-state index contributed by atoms with van der Waals surface area (Å²) in [5, 5.41) is 3.51. The molecule has 0 radical (unpaired) electrons. The van der Waals surface area contributed by atoms with E-state index in [1.165, 1.54) is 25.7 Å². The lowest BCUT2D eigenvalue weighted by Crippen LogP contribution is -2.55. The van der Waals surface area contributed by atoms with Crippen LogP contribution in [0.25, 0.3) is 0 Å². The number of likely N-dealkylation sites (N-methyl/N-ethyl adjacent to an activating group) is 1. The highest BCUT2D eigenvalue weighted by Gasteiger charge is 2.47. The van der Waals surface area contributed by atoms with Crippen LogP contribution < -0.4 is 11.1 Å². The lowest BCUT2D eigenvalue weighted by molar-refractivity contribution is -0.124. The normalized spacial score (nSPS) is 32.8. The molecule has 0 bridgehead atoms. The Bertz CT molecular complexity index is 382. The van der Waals surface area contributed by atoms with Crippen LogP contribution in [0.15, 0.2) is 0 Å². The van der Waals surface area contributed by atoms with E-state index in [1.807, 2.05) is 0 Å². The number of carbonyl (C=O) groups excluding carboxylic acids is 1. The molecule has 0 aromatic rings. The zero-order chi connectivity index (χ0) is 14.9. The van der Waals surface area contributed by atoms with Crippen LogP contribution in [-0.2, 0) is 9.53 Å². The largest absolute Gasteiger partial charge is 0.380 e. The molecule has 0 spiro atoms. The Morgan fingerprint density at radius 1 is 1.33 bits per heavy atom. The molecule has 1 amide bonds. The molecule has 5 heteroatoms. The maximum atomic E-state index is 11.9. The third-order valence-electron chi connectivity index (χ3n) is 5.28. The first-order chi connectivity index (χ1) is 10.1. The van der Waals surface area contributed by atoms with Crippen LogP contribution in [0.5, 0.6) is 0 Å². The van der Waals surface area contributed by atoms with E-state index in [-0.39, 0.29) is 5.91 Å². The average molecular weight is 295 g/mol. The average Bonchev–Trinajstić information content (AvgIpc) is 3.35. The van der Waals surface area contributed by atoms with Gasteiger partial charge in [-0.1, -0.05) is 0 Å². The van der Waals surface area contributed by atoms with Crippen LogP contribution in [0.4, 0.5) is 0 Å². The second kappa shape index (κ2) is 6.23. The molecule has 2 atom stereocenters. The zero-order valence-corrected chi connectivity index (χ0v) is 13.1. The fourth-order valence-corrected chi connectivity index (χ4v) is 3.37. The zero-order valence-electron chi connectivity index (χ0n) is 13.1. The summed E-state index contributed by atoms with van der Waals surface area (Å²) in [4.78, 5) is 14.3. The minimum atomic E-state index is -0.463. The van der Waals surface area contributed by atoms with Gasteiger partial charge >= 0.3 is 0 Å². The summed E-state index contributed by atoms with van der Waals surface area (Å²) in [5.74, 6) is 0.655. The van der Waals surface area contributed by atoms with Gasteiger partial charge in [-0.15, -0.1) is 0 Å². The Morgan fingerprint density at radius 3 is 2.71 bits per heavy atom. The topological polar surface area (TPSA) is 67.6 Å². The predicted octanol–water partition coefficient (Wildman–Crippen LogP) is 0.873. The molecule has 3 N–H and O–H groups in total. The Labute approximate surface area is 127 Å². The summed E-state index contributed by atoms with van der Waals surface area (Å²) < 4.78 is 5.71. The highest BCUT2D eigenvalue weighted by atomic mass is 16.5. The minimum absolute atomic E-state index is 0.171.